The van der Waals surface area contributed by atoms with Crippen LogP contribution < -0.4 is 11.1 Å². The van der Waals surface area contributed by atoms with Gasteiger partial charge >= 0.3 is 0 Å². The second-order valence-electron chi connectivity index (χ2n) is 5.33. The van der Waals surface area contributed by atoms with Gasteiger partial charge in [-0.1, -0.05) is 6.92 Å². The van der Waals surface area contributed by atoms with E-state index in [2.05, 4.69) is 17.1 Å². The van der Waals surface area contributed by atoms with Gasteiger partial charge in [-0.15, -0.1) is 0 Å². The number of nitrogens with one attached hydrogen (secondary N) is 1. The number of amides is 1. The molecule has 0 saturated carbocycles. The normalized spacial score (nSPS) is 24.4. The van der Waals surface area contributed by atoms with Gasteiger partial charge in [-0.2, -0.15) is 0 Å². The minimum Gasteiger partial charge on any atom is -0.382 e. The Labute approximate surface area is 116 Å². The summed E-state index contributed by atoms with van der Waals surface area (Å²) in [7, 11) is 0. The molecule has 1 aliphatic heterocycles. The van der Waals surface area contributed by atoms with Crippen LogP contribution in [0.1, 0.15) is 33.1 Å². The zero-order chi connectivity index (χ0) is 14.1. The molecule has 0 radical (unpaired) electrons. The summed E-state index contributed by atoms with van der Waals surface area (Å²) in [4.78, 5) is 14.0. The summed E-state index contributed by atoms with van der Waals surface area (Å²) in [5.74, 6) is 0.590. The van der Waals surface area contributed by atoms with Crippen molar-refractivity contribution in [3.63, 3.8) is 0 Å². The van der Waals surface area contributed by atoms with Crippen molar-refractivity contribution >= 4 is 5.91 Å². The van der Waals surface area contributed by atoms with Crippen molar-refractivity contribution in [1.82, 2.24) is 10.2 Å². The largest absolute Gasteiger partial charge is 0.382 e. The van der Waals surface area contributed by atoms with Gasteiger partial charge in [0.2, 0.25) is 5.91 Å². The number of carbonyl (C=O) groups is 1. The molecule has 2 atom stereocenters. The van der Waals surface area contributed by atoms with Crippen LogP contribution in [0.3, 0.4) is 0 Å². The fraction of sp³-hybridized carbons (Fsp3) is 0.929. The lowest BCUT2D eigenvalue weighted by atomic mass is 9.93. The molecule has 1 rings (SSSR count). The molecule has 5 nitrogen and oxygen atoms in total. The maximum atomic E-state index is 11.6. The zero-order valence-corrected chi connectivity index (χ0v) is 12.4. The minimum absolute atomic E-state index is 0.0872. The molecule has 0 bridgehead atoms. The lowest BCUT2D eigenvalue weighted by Crippen LogP contribution is -2.50. The number of hydrogen-bond acceptors (Lipinski definition) is 4. The quantitative estimate of drug-likeness (QED) is 0.634. The summed E-state index contributed by atoms with van der Waals surface area (Å²) in [5, 5.41) is 3.10. The number of likely N-dealkylation sites (tertiary alicyclic amines) is 1. The number of hydrogen-bond donors (Lipinski definition) is 2. The first-order chi connectivity index (χ1) is 9.17. The molecular formula is C14H29N3O2. The number of nitrogens with zero attached hydrogens (tertiary/aromatic N) is 1. The van der Waals surface area contributed by atoms with E-state index in [9.17, 15) is 4.79 Å². The first-order valence-electron chi connectivity index (χ1n) is 7.46. The van der Waals surface area contributed by atoms with E-state index in [1.807, 2.05) is 6.92 Å². The van der Waals surface area contributed by atoms with Crippen molar-refractivity contribution in [3.05, 3.63) is 0 Å². The van der Waals surface area contributed by atoms with E-state index in [1.165, 1.54) is 0 Å². The highest BCUT2D eigenvalue weighted by Crippen LogP contribution is 2.17. The molecule has 1 fully saturated rings. The highest BCUT2D eigenvalue weighted by atomic mass is 16.5. The van der Waals surface area contributed by atoms with Gasteiger partial charge in [0.05, 0.1) is 0 Å². The molecule has 1 saturated heterocycles. The lowest BCUT2D eigenvalue weighted by molar-refractivity contribution is -0.122. The van der Waals surface area contributed by atoms with Gasteiger partial charge in [-0.3, -0.25) is 4.79 Å². The smallest absolute Gasteiger partial charge is 0.221 e. The average Bonchev–Trinajstić information content (AvgIpc) is 2.38. The van der Waals surface area contributed by atoms with Gasteiger partial charge in [-0.25, -0.2) is 0 Å². The van der Waals surface area contributed by atoms with E-state index in [4.69, 9.17) is 10.5 Å². The second-order valence-corrected chi connectivity index (χ2v) is 5.33. The Balaban J connectivity index is 2.21. The predicted molar refractivity (Wildman–Crippen MR) is 76.9 cm³/mol. The van der Waals surface area contributed by atoms with Crippen LogP contribution in [0.2, 0.25) is 0 Å². The molecule has 3 N–H and O–H groups in total. The summed E-state index contributed by atoms with van der Waals surface area (Å²) >= 11 is 0. The van der Waals surface area contributed by atoms with E-state index in [-0.39, 0.29) is 5.91 Å². The van der Waals surface area contributed by atoms with Crippen molar-refractivity contribution in [3.8, 4) is 0 Å². The van der Waals surface area contributed by atoms with Crippen LogP contribution in [0.25, 0.3) is 0 Å². The summed E-state index contributed by atoms with van der Waals surface area (Å²) in [6, 6.07) is 0.308. The van der Waals surface area contributed by atoms with Crippen LogP contribution in [-0.2, 0) is 9.53 Å². The zero-order valence-electron chi connectivity index (χ0n) is 12.4. The summed E-state index contributed by atoms with van der Waals surface area (Å²) < 4.78 is 5.36. The molecular weight excluding hydrogens is 242 g/mol. The first-order valence-corrected chi connectivity index (χ1v) is 7.46. The molecule has 1 amide bonds. The fourth-order valence-electron chi connectivity index (χ4n) is 2.59. The van der Waals surface area contributed by atoms with Gasteiger partial charge < -0.3 is 20.7 Å². The Morgan fingerprint density at radius 3 is 2.95 bits per heavy atom. The van der Waals surface area contributed by atoms with E-state index in [1.54, 1.807) is 0 Å². The molecule has 2 unspecified atom stereocenters. The number of nitrogens with two attached hydrogens (primary N) is 1. The third-order valence-corrected chi connectivity index (χ3v) is 3.67. The molecule has 0 aromatic heterocycles. The molecule has 1 aliphatic rings. The van der Waals surface area contributed by atoms with Gasteiger partial charge in [0.25, 0.3) is 0 Å². The third kappa shape index (κ3) is 6.36. The van der Waals surface area contributed by atoms with Crippen LogP contribution in [0.4, 0.5) is 0 Å². The fourth-order valence-corrected chi connectivity index (χ4v) is 2.59. The lowest BCUT2D eigenvalue weighted by Gasteiger charge is -2.37. The topological polar surface area (TPSA) is 67.6 Å². The van der Waals surface area contributed by atoms with E-state index in [0.29, 0.717) is 24.9 Å². The van der Waals surface area contributed by atoms with Gasteiger partial charge in [-0.05, 0) is 25.7 Å². The Morgan fingerprint density at radius 1 is 1.53 bits per heavy atom. The Hall–Kier alpha value is -0.650. The number of piperidine rings is 1. The highest BCUT2D eigenvalue weighted by molar-refractivity contribution is 5.76. The van der Waals surface area contributed by atoms with E-state index >= 15 is 0 Å². The molecule has 1 heterocycles. The van der Waals surface area contributed by atoms with Crippen LogP contribution in [-0.4, -0.2) is 56.2 Å². The summed E-state index contributed by atoms with van der Waals surface area (Å²) in [6.07, 6.45) is 2.55. The van der Waals surface area contributed by atoms with Gasteiger partial charge in [0.15, 0.2) is 0 Å². The molecule has 5 heteroatoms. The Kier molecular flexibility index (Phi) is 8.02. The molecule has 0 aromatic carbocycles. The Bertz CT molecular complexity index is 261. The number of rotatable bonds is 8. The maximum absolute atomic E-state index is 11.6. The predicted octanol–water partition coefficient (Wildman–Crippen LogP) is 0.588. The standard InChI is InChI=1S/C14H29N3O2/c1-3-19-10-4-8-17-9-6-13(12(2)11-17)16-14(18)5-7-15/h12-13H,3-11,15H2,1-2H3,(H,16,18). The van der Waals surface area contributed by atoms with Crippen LogP contribution in [0.15, 0.2) is 0 Å². The third-order valence-electron chi connectivity index (χ3n) is 3.67. The van der Waals surface area contributed by atoms with Crippen LogP contribution in [0.5, 0.6) is 0 Å². The van der Waals surface area contributed by atoms with Crippen molar-refractivity contribution in [1.29, 1.82) is 0 Å². The van der Waals surface area contributed by atoms with Crippen molar-refractivity contribution in [2.75, 3.05) is 39.4 Å². The van der Waals surface area contributed by atoms with Crippen LogP contribution >= 0.6 is 0 Å². The molecule has 19 heavy (non-hydrogen) atoms. The first kappa shape index (κ1) is 16.4. The monoisotopic (exact) mass is 271 g/mol. The minimum atomic E-state index is 0.0872. The highest BCUT2D eigenvalue weighted by Gasteiger charge is 2.26. The average molecular weight is 271 g/mol. The number of ether oxygens (including phenoxy) is 1. The SMILES string of the molecule is CCOCCCN1CCC(NC(=O)CCN)C(C)C1. The second kappa shape index (κ2) is 9.28. The Morgan fingerprint density at radius 2 is 2.32 bits per heavy atom. The van der Waals surface area contributed by atoms with Gasteiger partial charge in [0.1, 0.15) is 0 Å². The van der Waals surface area contributed by atoms with Crippen molar-refractivity contribution in [2.24, 2.45) is 11.7 Å². The summed E-state index contributed by atoms with van der Waals surface area (Å²) in [5.41, 5.74) is 5.39. The van der Waals surface area contributed by atoms with Crippen molar-refractivity contribution < 1.29 is 9.53 Å². The van der Waals surface area contributed by atoms with Crippen LogP contribution in [0, 0.1) is 5.92 Å². The molecule has 0 spiro atoms. The summed E-state index contributed by atoms with van der Waals surface area (Å²) in [6.45, 7) is 9.51. The number of carbonyl (C=O) groups excluding carboxylic acids is 1. The van der Waals surface area contributed by atoms with E-state index < -0.39 is 0 Å². The molecule has 112 valence electrons. The van der Waals surface area contributed by atoms with E-state index in [0.717, 1.165) is 45.7 Å². The molecule has 0 aromatic rings. The van der Waals surface area contributed by atoms with Gasteiger partial charge in [0, 0.05) is 51.9 Å². The molecule has 0 aliphatic carbocycles. The van der Waals surface area contributed by atoms with Crippen molar-refractivity contribution in [2.45, 2.75) is 39.2 Å². The maximum Gasteiger partial charge on any atom is 0.221 e.